The second-order valence-corrected chi connectivity index (χ2v) is 5.74. The molecule has 1 aromatic carbocycles. The Morgan fingerprint density at radius 2 is 1.56 bits per heavy atom. The number of benzene rings is 1. The van der Waals surface area contributed by atoms with Crippen molar-refractivity contribution >= 4 is 0 Å². The third-order valence-corrected chi connectivity index (χ3v) is 4.62. The van der Waals surface area contributed by atoms with E-state index in [1.807, 2.05) is 0 Å². The van der Waals surface area contributed by atoms with Gasteiger partial charge in [-0.05, 0) is 48.6 Å². The second kappa shape index (κ2) is 3.10. The van der Waals surface area contributed by atoms with Gasteiger partial charge in [-0.25, -0.2) is 0 Å². The van der Waals surface area contributed by atoms with Gasteiger partial charge < -0.3 is 4.74 Å². The van der Waals surface area contributed by atoms with Gasteiger partial charge in [-0.3, -0.25) is 0 Å². The molecule has 1 heteroatoms. The molecule has 2 fully saturated rings. The van der Waals surface area contributed by atoms with Gasteiger partial charge in [-0.1, -0.05) is 24.3 Å². The summed E-state index contributed by atoms with van der Waals surface area (Å²) in [6.07, 6.45) is 6.78. The summed E-state index contributed by atoms with van der Waals surface area (Å²) in [7, 11) is 0. The monoisotopic (exact) mass is 214 g/mol. The topological polar surface area (TPSA) is 9.23 Å². The largest absolute Gasteiger partial charge is 0.369 e. The van der Waals surface area contributed by atoms with Crippen molar-refractivity contribution in [1.29, 1.82) is 0 Å². The van der Waals surface area contributed by atoms with Gasteiger partial charge in [0.2, 0.25) is 0 Å². The lowest BCUT2D eigenvalue weighted by molar-refractivity contribution is -0.0991. The Hall–Kier alpha value is -0.820. The number of fused-ring (bicyclic) bond motifs is 1. The minimum atomic E-state index is 0.244. The maximum Gasteiger partial charge on any atom is 0.0783 e. The molecule has 0 unspecified atom stereocenters. The van der Waals surface area contributed by atoms with E-state index in [9.17, 15) is 0 Å². The molecule has 0 amide bonds. The van der Waals surface area contributed by atoms with Crippen LogP contribution in [0.15, 0.2) is 24.3 Å². The first-order valence-corrected chi connectivity index (χ1v) is 6.59. The first-order chi connectivity index (χ1) is 7.88. The van der Waals surface area contributed by atoms with Crippen LogP contribution < -0.4 is 0 Å². The predicted molar refractivity (Wildman–Crippen MR) is 63.1 cm³/mol. The molecule has 2 aliphatic carbocycles. The van der Waals surface area contributed by atoms with Crippen molar-refractivity contribution in [2.24, 2.45) is 11.8 Å². The molecule has 0 N–H and O–H groups in total. The van der Waals surface area contributed by atoms with E-state index >= 15 is 0 Å². The SMILES string of the molecule is c1ccc2c(c1)COC(C1CC1)(C1CC1)C2. The van der Waals surface area contributed by atoms with Crippen LogP contribution >= 0.6 is 0 Å². The van der Waals surface area contributed by atoms with Gasteiger partial charge in [0, 0.05) is 6.42 Å². The smallest absolute Gasteiger partial charge is 0.0783 e. The maximum absolute atomic E-state index is 6.34. The summed E-state index contributed by atoms with van der Waals surface area (Å²) in [5, 5.41) is 0. The van der Waals surface area contributed by atoms with Crippen LogP contribution in [-0.4, -0.2) is 5.60 Å². The number of ether oxygens (including phenoxy) is 1. The fraction of sp³-hybridized carbons (Fsp3) is 0.600. The first kappa shape index (κ1) is 9.23. The van der Waals surface area contributed by atoms with Crippen LogP contribution in [-0.2, 0) is 17.8 Å². The van der Waals surface area contributed by atoms with Crippen molar-refractivity contribution in [2.45, 2.75) is 44.3 Å². The molecule has 1 nitrogen and oxygen atoms in total. The van der Waals surface area contributed by atoms with Crippen LogP contribution in [0.4, 0.5) is 0 Å². The van der Waals surface area contributed by atoms with Crippen LogP contribution in [0.2, 0.25) is 0 Å². The van der Waals surface area contributed by atoms with Gasteiger partial charge in [-0.2, -0.15) is 0 Å². The van der Waals surface area contributed by atoms with E-state index < -0.39 is 0 Å². The van der Waals surface area contributed by atoms with Gasteiger partial charge in [-0.15, -0.1) is 0 Å². The Morgan fingerprint density at radius 3 is 2.19 bits per heavy atom. The number of hydrogen-bond donors (Lipinski definition) is 0. The summed E-state index contributed by atoms with van der Waals surface area (Å²) in [5.74, 6) is 1.74. The molecule has 16 heavy (non-hydrogen) atoms. The molecule has 0 saturated heterocycles. The molecule has 0 radical (unpaired) electrons. The van der Waals surface area contributed by atoms with Gasteiger partial charge in [0.15, 0.2) is 0 Å². The van der Waals surface area contributed by atoms with E-state index in [4.69, 9.17) is 4.74 Å². The molecule has 0 bridgehead atoms. The first-order valence-electron chi connectivity index (χ1n) is 6.59. The lowest BCUT2D eigenvalue weighted by Crippen LogP contribution is -2.43. The average Bonchev–Trinajstić information content (AvgIpc) is 3.20. The standard InChI is InChI=1S/C15H18O/c1-2-4-12-10-16-15(13-5-6-13,14-7-8-14)9-11(12)3-1/h1-4,13-14H,5-10H2. The minimum absolute atomic E-state index is 0.244. The van der Waals surface area contributed by atoms with Gasteiger partial charge >= 0.3 is 0 Å². The maximum atomic E-state index is 6.34. The molecule has 2 saturated carbocycles. The lowest BCUT2D eigenvalue weighted by atomic mass is 9.81. The fourth-order valence-electron chi connectivity index (χ4n) is 3.43. The van der Waals surface area contributed by atoms with Crippen LogP contribution in [0, 0.1) is 11.8 Å². The van der Waals surface area contributed by atoms with Crippen molar-refractivity contribution in [3.05, 3.63) is 35.4 Å². The Balaban J connectivity index is 1.72. The van der Waals surface area contributed by atoms with E-state index in [0.29, 0.717) is 0 Å². The van der Waals surface area contributed by atoms with Crippen LogP contribution in [0.1, 0.15) is 36.8 Å². The quantitative estimate of drug-likeness (QED) is 0.734. The zero-order valence-electron chi connectivity index (χ0n) is 9.61. The highest BCUT2D eigenvalue weighted by Gasteiger charge is 2.56. The highest BCUT2D eigenvalue weighted by Crippen LogP contribution is 2.57. The third-order valence-electron chi connectivity index (χ3n) is 4.62. The second-order valence-electron chi connectivity index (χ2n) is 5.74. The van der Waals surface area contributed by atoms with Crippen molar-refractivity contribution < 1.29 is 4.74 Å². The molecule has 1 aliphatic heterocycles. The van der Waals surface area contributed by atoms with E-state index in [1.54, 1.807) is 5.56 Å². The Kier molecular flexibility index (Phi) is 1.79. The van der Waals surface area contributed by atoms with Crippen molar-refractivity contribution in [3.63, 3.8) is 0 Å². The Labute approximate surface area is 96.8 Å². The normalized spacial score (nSPS) is 27.5. The highest BCUT2D eigenvalue weighted by molar-refractivity contribution is 5.31. The van der Waals surface area contributed by atoms with Gasteiger partial charge in [0.1, 0.15) is 0 Å². The summed E-state index contributed by atoms with van der Waals surface area (Å²) < 4.78 is 6.34. The molecular formula is C15H18O. The van der Waals surface area contributed by atoms with Gasteiger partial charge in [0.05, 0.1) is 12.2 Å². The number of hydrogen-bond acceptors (Lipinski definition) is 1. The third kappa shape index (κ3) is 1.27. The molecule has 0 atom stereocenters. The molecule has 3 aliphatic rings. The van der Waals surface area contributed by atoms with Crippen LogP contribution in [0.5, 0.6) is 0 Å². The van der Waals surface area contributed by atoms with E-state index in [1.165, 1.54) is 37.7 Å². The summed E-state index contributed by atoms with van der Waals surface area (Å²) >= 11 is 0. The molecule has 1 aromatic rings. The molecule has 0 aromatic heterocycles. The highest BCUT2D eigenvalue weighted by atomic mass is 16.5. The summed E-state index contributed by atoms with van der Waals surface area (Å²) in [4.78, 5) is 0. The van der Waals surface area contributed by atoms with Crippen LogP contribution in [0.25, 0.3) is 0 Å². The van der Waals surface area contributed by atoms with E-state index in [2.05, 4.69) is 24.3 Å². The Morgan fingerprint density at radius 1 is 0.938 bits per heavy atom. The molecule has 0 spiro atoms. The van der Waals surface area contributed by atoms with E-state index in [0.717, 1.165) is 18.4 Å². The van der Waals surface area contributed by atoms with Crippen molar-refractivity contribution in [2.75, 3.05) is 0 Å². The summed E-state index contributed by atoms with van der Waals surface area (Å²) in [6.45, 7) is 0.850. The fourth-order valence-corrected chi connectivity index (χ4v) is 3.43. The predicted octanol–water partition coefficient (Wildman–Crippen LogP) is 3.32. The molecule has 1 heterocycles. The van der Waals surface area contributed by atoms with Gasteiger partial charge in [0.25, 0.3) is 0 Å². The summed E-state index contributed by atoms with van der Waals surface area (Å²) in [6, 6.07) is 8.83. The minimum Gasteiger partial charge on any atom is -0.369 e. The summed E-state index contributed by atoms with van der Waals surface area (Å²) in [5.41, 5.74) is 3.21. The molecule has 4 rings (SSSR count). The zero-order chi connectivity index (χ0) is 10.6. The zero-order valence-corrected chi connectivity index (χ0v) is 9.61. The van der Waals surface area contributed by atoms with Crippen molar-refractivity contribution in [3.8, 4) is 0 Å². The molecular weight excluding hydrogens is 196 g/mol. The number of rotatable bonds is 2. The average molecular weight is 214 g/mol. The van der Waals surface area contributed by atoms with Crippen molar-refractivity contribution in [1.82, 2.24) is 0 Å². The Bertz CT molecular complexity index is 403. The lowest BCUT2D eigenvalue weighted by Gasteiger charge is -2.39. The van der Waals surface area contributed by atoms with E-state index in [-0.39, 0.29) is 5.60 Å². The molecule has 84 valence electrons. The van der Waals surface area contributed by atoms with Crippen LogP contribution in [0.3, 0.4) is 0 Å².